The number of amides is 2. The number of methoxy groups -OCH3 is 1. The number of nitrogens with zero attached hydrogens (tertiary/aromatic N) is 2. The Labute approximate surface area is 133 Å². The fourth-order valence-corrected chi connectivity index (χ4v) is 3.21. The number of carbonyl (C=O) groups excluding carboxylic acids is 2. The Hall–Kier alpha value is -1.57. The largest absolute Gasteiger partial charge is 0.357 e. The topological polar surface area (TPSA) is 49.9 Å². The Morgan fingerprint density at radius 2 is 1.83 bits per heavy atom. The summed E-state index contributed by atoms with van der Waals surface area (Å²) in [5.41, 5.74) is -0.414. The number of likely N-dealkylation sites (tertiary alicyclic amines) is 1. The molecule has 5 nitrogen and oxygen atoms in total. The smallest absolute Gasteiger partial charge is 0.333 e. The molecule has 0 aliphatic carbocycles. The van der Waals surface area contributed by atoms with E-state index in [0.29, 0.717) is 12.8 Å². The summed E-state index contributed by atoms with van der Waals surface area (Å²) >= 11 is 0. The summed E-state index contributed by atoms with van der Waals surface area (Å²) in [5, 5.41) is 0. The average Bonchev–Trinajstić information content (AvgIpc) is 2.87. The maximum absolute atomic E-state index is 14.4. The zero-order valence-corrected chi connectivity index (χ0v) is 13.4. The first kappa shape index (κ1) is 17.8. The summed E-state index contributed by atoms with van der Waals surface area (Å²) in [4.78, 5) is 26.0. The number of alkyl halides is 2. The second kappa shape index (κ2) is 6.51. The molecule has 23 heavy (non-hydrogen) atoms. The number of rotatable bonds is 6. The summed E-state index contributed by atoms with van der Waals surface area (Å²) in [6.45, 7) is 3.60. The van der Waals surface area contributed by atoms with E-state index in [1.54, 1.807) is 13.8 Å². The van der Waals surface area contributed by atoms with Crippen LogP contribution in [-0.2, 0) is 14.3 Å². The number of halogens is 3. The molecule has 130 valence electrons. The van der Waals surface area contributed by atoms with Gasteiger partial charge in [0.15, 0.2) is 12.1 Å². The van der Waals surface area contributed by atoms with Crippen molar-refractivity contribution in [1.29, 1.82) is 0 Å². The summed E-state index contributed by atoms with van der Waals surface area (Å²) < 4.78 is 48.2. The molecular weight excluding hydrogens is 313 g/mol. The minimum atomic E-state index is -3.73. The van der Waals surface area contributed by atoms with E-state index in [0.717, 1.165) is 9.80 Å². The first-order valence-corrected chi connectivity index (χ1v) is 7.71. The van der Waals surface area contributed by atoms with Crippen LogP contribution in [0.5, 0.6) is 0 Å². The summed E-state index contributed by atoms with van der Waals surface area (Å²) in [6, 6.07) is 0. The van der Waals surface area contributed by atoms with Crippen LogP contribution in [0.15, 0.2) is 11.4 Å². The first-order chi connectivity index (χ1) is 10.8. The lowest BCUT2D eigenvalue weighted by Crippen LogP contribution is -2.41. The van der Waals surface area contributed by atoms with Gasteiger partial charge >= 0.3 is 5.92 Å². The molecule has 0 N–H and O–H groups in total. The maximum Gasteiger partial charge on any atom is 0.333 e. The van der Waals surface area contributed by atoms with Gasteiger partial charge in [0.2, 0.25) is 0 Å². The van der Waals surface area contributed by atoms with Crippen LogP contribution < -0.4 is 0 Å². The fourth-order valence-electron chi connectivity index (χ4n) is 3.21. The molecule has 0 spiro atoms. The van der Waals surface area contributed by atoms with E-state index in [1.165, 1.54) is 7.11 Å². The van der Waals surface area contributed by atoms with Gasteiger partial charge in [-0.15, -0.1) is 0 Å². The van der Waals surface area contributed by atoms with E-state index >= 15 is 0 Å². The molecule has 1 fully saturated rings. The molecule has 2 unspecified atom stereocenters. The minimum Gasteiger partial charge on any atom is -0.357 e. The van der Waals surface area contributed by atoms with Gasteiger partial charge in [-0.05, 0) is 12.8 Å². The second-order valence-corrected chi connectivity index (χ2v) is 5.78. The van der Waals surface area contributed by atoms with Gasteiger partial charge in [-0.2, -0.15) is 8.78 Å². The number of carbonyl (C=O) groups is 2. The zero-order chi connectivity index (χ0) is 17.4. The highest BCUT2D eigenvalue weighted by Gasteiger charge is 2.61. The highest BCUT2D eigenvalue weighted by molar-refractivity contribution is 5.96. The van der Waals surface area contributed by atoms with Gasteiger partial charge in [-0.1, -0.05) is 13.8 Å². The molecule has 2 rings (SSSR count). The molecule has 2 aliphatic heterocycles. The first-order valence-electron chi connectivity index (χ1n) is 7.71. The van der Waals surface area contributed by atoms with E-state index in [2.05, 4.69) is 0 Å². The van der Waals surface area contributed by atoms with Crippen molar-refractivity contribution in [2.24, 2.45) is 5.92 Å². The molecule has 2 amide bonds. The van der Waals surface area contributed by atoms with Crippen molar-refractivity contribution in [2.75, 3.05) is 26.7 Å². The highest BCUT2D eigenvalue weighted by Crippen LogP contribution is 2.44. The molecule has 2 heterocycles. The van der Waals surface area contributed by atoms with E-state index < -0.39 is 41.3 Å². The zero-order valence-electron chi connectivity index (χ0n) is 13.4. The summed E-state index contributed by atoms with van der Waals surface area (Å²) in [6.07, 6.45) is -0.133. The third-order valence-corrected chi connectivity index (χ3v) is 4.22. The van der Waals surface area contributed by atoms with Crippen LogP contribution in [0.25, 0.3) is 0 Å². The van der Waals surface area contributed by atoms with E-state index in [4.69, 9.17) is 4.74 Å². The van der Waals surface area contributed by atoms with Crippen molar-refractivity contribution in [3.05, 3.63) is 11.4 Å². The van der Waals surface area contributed by atoms with Crippen molar-refractivity contribution in [2.45, 2.75) is 38.8 Å². The Balaban J connectivity index is 2.39. The molecule has 0 aromatic heterocycles. The fraction of sp³-hybridized carbons (Fsp3) is 0.733. The Morgan fingerprint density at radius 1 is 1.22 bits per heavy atom. The molecule has 2 atom stereocenters. The lowest BCUT2D eigenvalue weighted by molar-refractivity contribution is -0.150. The van der Waals surface area contributed by atoms with Gasteiger partial charge in [0, 0.05) is 32.3 Å². The number of hydrogen-bond donors (Lipinski definition) is 0. The van der Waals surface area contributed by atoms with Crippen molar-refractivity contribution in [3.8, 4) is 0 Å². The quantitative estimate of drug-likeness (QED) is 0.746. The summed E-state index contributed by atoms with van der Waals surface area (Å²) in [5.74, 6) is -8.91. The van der Waals surface area contributed by atoms with Gasteiger partial charge in [0.1, 0.15) is 0 Å². The van der Waals surface area contributed by atoms with Gasteiger partial charge < -0.3 is 14.5 Å². The lowest BCUT2D eigenvalue weighted by Gasteiger charge is -2.28. The average molecular weight is 334 g/mol. The van der Waals surface area contributed by atoms with Crippen LogP contribution in [0.3, 0.4) is 0 Å². The van der Waals surface area contributed by atoms with E-state index in [9.17, 15) is 22.8 Å². The molecule has 0 aromatic rings. The number of hydrogen-bond acceptors (Lipinski definition) is 3. The molecule has 1 saturated heterocycles. The van der Waals surface area contributed by atoms with Crippen molar-refractivity contribution >= 4 is 11.8 Å². The molecule has 8 heteroatoms. The maximum atomic E-state index is 14.4. The van der Waals surface area contributed by atoms with Gasteiger partial charge in [-0.25, -0.2) is 4.39 Å². The third kappa shape index (κ3) is 2.73. The monoisotopic (exact) mass is 334 g/mol. The predicted octanol–water partition coefficient (Wildman–Crippen LogP) is 1.94. The minimum absolute atomic E-state index is 0.171. The normalized spacial score (nSPS) is 27.6. The molecule has 0 bridgehead atoms. The Kier molecular flexibility index (Phi) is 5.03. The second-order valence-electron chi connectivity index (χ2n) is 5.78. The van der Waals surface area contributed by atoms with Crippen molar-refractivity contribution < 1.29 is 27.5 Å². The van der Waals surface area contributed by atoms with E-state index in [1.807, 2.05) is 0 Å². The lowest BCUT2D eigenvalue weighted by atomic mass is 9.93. The predicted molar refractivity (Wildman–Crippen MR) is 76.2 cm³/mol. The number of ether oxygens (including phenoxy) is 1. The standard InChI is InChI=1S/C15H21F3N2O3/c1-4-6-19-8-9(15(17,18)14(19)22)10-11(16)12(21)20(7-5-2)13(10)23-3/h9,13H,4-8H2,1-3H3. The third-order valence-electron chi connectivity index (χ3n) is 4.22. The molecule has 0 saturated carbocycles. The van der Waals surface area contributed by atoms with Crippen molar-refractivity contribution in [1.82, 2.24) is 9.80 Å². The van der Waals surface area contributed by atoms with Gasteiger partial charge in [0.25, 0.3) is 11.8 Å². The van der Waals surface area contributed by atoms with Crippen LogP contribution in [0.1, 0.15) is 26.7 Å². The molecule has 2 aliphatic rings. The Bertz CT molecular complexity index is 536. The van der Waals surface area contributed by atoms with E-state index in [-0.39, 0.29) is 19.6 Å². The Morgan fingerprint density at radius 3 is 2.35 bits per heavy atom. The van der Waals surface area contributed by atoms with Crippen LogP contribution in [0, 0.1) is 5.92 Å². The molecule has 0 radical (unpaired) electrons. The van der Waals surface area contributed by atoms with Crippen LogP contribution in [0.4, 0.5) is 13.2 Å². The highest BCUT2D eigenvalue weighted by atomic mass is 19.3. The SMILES string of the molecule is CCCN1CC(C2=C(F)C(=O)N(CCC)C2OC)C(F)(F)C1=O. The van der Waals surface area contributed by atoms with Crippen molar-refractivity contribution in [3.63, 3.8) is 0 Å². The van der Waals surface area contributed by atoms with Crippen LogP contribution >= 0.6 is 0 Å². The molecular formula is C15H21F3N2O3. The van der Waals surface area contributed by atoms with Crippen LogP contribution in [-0.4, -0.2) is 60.5 Å². The van der Waals surface area contributed by atoms with Gasteiger partial charge in [0.05, 0.1) is 5.92 Å². The van der Waals surface area contributed by atoms with Gasteiger partial charge in [-0.3, -0.25) is 9.59 Å². The van der Waals surface area contributed by atoms with Crippen LogP contribution in [0.2, 0.25) is 0 Å². The summed E-state index contributed by atoms with van der Waals surface area (Å²) in [7, 11) is 1.23. The molecule has 0 aromatic carbocycles.